The zero-order chi connectivity index (χ0) is 30.3. The van der Waals surface area contributed by atoms with Gasteiger partial charge in [0.2, 0.25) is 5.60 Å². The van der Waals surface area contributed by atoms with E-state index >= 15 is 4.39 Å². The Bertz CT molecular complexity index is 1620. The van der Waals surface area contributed by atoms with E-state index in [1.807, 2.05) is 5.32 Å². The van der Waals surface area contributed by atoms with Crippen LogP contribution in [-0.4, -0.2) is 23.1 Å². The lowest BCUT2D eigenvalue weighted by atomic mass is 9.87. The lowest BCUT2D eigenvalue weighted by molar-refractivity contribution is -0.248. The van der Waals surface area contributed by atoms with Crippen molar-refractivity contribution in [2.45, 2.75) is 11.8 Å². The van der Waals surface area contributed by atoms with Gasteiger partial charge in [-0.2, -0.15) is 24.5 Å². The zero-order valence-electron chi connectivity index (χ0n) is 19.8. The minimum atomic E-state index is -5.20. The number of anilines is 2. The fourth-order valence-electron chi connectivity index (χ4n) is 3.79. The Morgan fingerprint density at radius 3 is 1.98 bits per heavy atom. The second-order valence-electron chi connectivity index (χ2n) is 8.35. The number of amides is 2. The Balaban J connectivity index is 1.63. The molecule has 0 aliphatic rings. The summed E-state index contributed by atoms with van der Waals surface area (Å²) in [5.41, 5.74) is -7.81. The molecule has 5 nitrogen and oxygen atoms in total. The van der Waals surface area contributed by atoms with E-state index in [0.29, 0.717) is 0 Å². The number of nitrogens with one attached hydrogen (secondary N) is 2. The van der Waals surface area contributed by atoms with Gasteiger partial charge in [-0.15, -0.1) is 0 Å². The van der Waals surface area contributed by atoms with Gasteiger partial charge in [-0.1, -0.05) is 29.3 Å². The average molecular weight is 637 g/mol. The highest BCUT2D eigenvalue weighted by Gasteiger charge is 2.56. The van der Waals surface area contributed by atoms with Gasteiger partial charge in [0.25, 0.3) is 11.8 Å². The minimum absolute atomic E-state index is 0.243. The van der Waals surface area contributed by atoms with Crippen LogP contribution in [0.15, 0.2) is 59.3 Å². The summed E-state index contributed by atoms with van der Waals surface area (Å²) in [6.45, 7) is 0. The Morgan fingerprint density at radius 1 is 0.829 bits per heavy atom. The van der Waals surface area contributed by atoms with Crippen molar-refractivity contribution in [1.82, 2.24) is 0 Å². The molecule has 3 N–H and O–H groups in total. The van der Waals surface area contributed by atoms with Crippen LogP contribution < -0.4 is 10.6 Å². The third kappa shape index (κ3) is 5.75. The summed E-state index contributed by atoms with van der Waals surface area (Å²) in [5.74, 6) is -8.48. The molecular formula is C26H13Cl2F7N2O3S. The van der Waals surface area contributed by atoms with E-state index < -0.39 is 90.5 Å². The predicted molar refractivity (Wildman–Crippen MR) is 138 cm³/mol. The molecule has 15 heteroatoms. The van der Waals surface area contributed by atoms with Crippen LogP contribution in [0.2, 0.25) is 10.0 Å². The number of hydrogen-bond acceptors (Lipinski definition) is 4. The van der Waals surface area contributed by atoms with Gasteiger partial charge < -0.3 is 15.7 Å². The molecule has 0 aliphatic heterocycles. The maximum Gasteiger partial charge on any atom is 0.425 e. The molecule has 0 saturated heterocycles. The van der Waals surface area contributed by atoms with Gasteiger partial charge in [-0.3, -0.25) is 9.59 Å². The number of alkyl halides is 3. The molecule has 0 saturated carbocycles. The Hall–Kier alpha value is -3.65. The lowest BCUT2D eigenvalue weighted by Gasteiger charge is -2.31. The van der Waals surface area contributed by atoms with E-state index in [1.54, 1.807) is 0 Å². The fourth-order valence-corrected chi connectivity index (χ4v) is 5.08. The highest BCUT2D eigenvalue weighted by molar-refractivity contribution is 7.08. The predicted octanol–water partition coefficient (Wildman–Crippen LogP) is 7.91. The molecule has 1 atom stereocenters. The largest absolute Gasteiger partial charge is 0.425 e. The molecule has 41 heavy (non-hydrogen) atoms. The molecule has 1 aromatic heterocycles. The molecule has 0 aliphatic carbocycles. The molecule has 214 valence electrons. The van der Waals surface area contributed by atoms with Crippen LogP contribution in [0.5, 0.6) is 0 Å². The minimum Gasteiger partial charge on any atom is -0.372 e. The number of aliphatic hydroxyl groups is 1. The molecule has 0 spiro atoms. The van der Waals surface area contributed by atoms with Gasteiger partial charge in [-0.05, 0) is 41.1 Å². The van der Waals surface area contributed by atoms with E-state index in [-0.39, 0.29) is 12.1 Å². The molecule has 3 aromatic carbocycles. The third-order valence-corrected chi connectivity index (χ3v) is 7.05. The van der Waals surface area contributed by atoms with Crippen molar-refractivity contribution in [3.05, 3.63) is 115 Å². The summed E-state index contributed by atoms with van der Waals surface area (Å²) in [6, 6.07) is 6.01. The van der Waals surface area contributed by atoms with Crippen LogP contribution in [0.1, 0.15) is 31.8 Å². The maximum absolute atomic E-state index is 15.1. The first-order valence-corrected chi connectivity index (χ1v) is 12.7. The quantitative estimate of drug-likeness (QED) is 0.188. The topological polar surface area (TPSA) is 78.4 Å². The van der Waals surface area contributed by atoms with Gasteiger partial charge in [0.15, 0.2) is 5.82 Å². The van der Waals surface area contributed by atoms with Crippen molar-refractivity contribution in [2.75, 3.05) is 10.6 Å². The Labute approximate surface area is 240 Å². The van der Waals surface area contributed by atoms with E-state index in [4.69, 9.17) is 23.2 Å². The highest BCUT2D eigenvalue weighted by Crippen LogP contribution is 2.47. The van der Waals surface area contributed by atoms with Crippen LogP contribution in [0.4, 0.5) is 42.1 Å². The summed E-state index contributed by atoms with van der Waals surface area (Å²) in [6.07, 6.45) is -5.20. The normalized spacial score (nSPS) is 13.0. The molecule has 4 rings (SSSR count). The van der Waals surface area contributed by atoms with E-state index in [0.717, 1.165) is 53.1 Å². The zero-order valence-corrected chi connectivity index (χ0v) is 22.2. The number of carbonyl (C=O) groups excluding carboxylic acids is 2. The number of carbonyl (C=O) groups is 2. The first-order valence-electron chi connectivity index (χ1n) is 11.0. The van der Waals surface area contributed by atoms with Gasteiger partial charge in [0, 0.05) is 23.3 Å². The Kier molecular flexibility index (Phi) is 8.37. The standard InChI is InChI=1S/C26H13Cl2F7N2O3S/c27-15-6-12(25(40,26(33,34)35)11-4-5-41-10-11)7-16(28)22(15)37-23(38)14-2-1-3-19(21(14)32)36-24(39)20-17(30)8-13(29)9-18(20)31/h1-10,40H,(H,36,39)(H,37,38). The van der Waals surface area contributed by atoms with Gasteiger partial charge in [0.1, 0.15) is 23.0 Å². The first kappa shape index (κ1) is 30.3. The van der Waals surface area contributed by atoms with Gasteiger partial charge >= 0.3 is 6.18 Å². The van der Waals surface area contributed by atoms with E-state index in [9.17, 15) is 41.0 Å². The Morgan fingerprint density at radius 2 is 1.44 bits per heavy atom. The number of hydrogen-bond donors (Lipinski definition) is 3. The summed E-state index contributed by atoms with van der Waals surface area (Å²) < 4.78 is 98.0. The SMILES string of the molecule is O=C(Nc1c(Cl)cc(C(O)(c2ccsc2)C(F)(F)F)cc1Cl)c1cccc(NC(=O)c2c(F)cc(F)cc2F)c1F. The lowest BCUT2D eigenvalue weighted by Crippen LogP contribution is -2.43. The fraction of sp³-hybridized carbons (Fsp3) is 0.0769. The van der Waals surface area contributed by atoms with Crippen molar-refractivity contribution in [2.24, 2.45) is 0 Å². The average Bonchev–Trinajstić information content (AvgIpc) is 3.41. The van der Waals surface area contributed by atoms with Crippen LogP contribution >= 0.6 is 34.5 Å². The number of thiophene rings is 1. The molecule has 1 heterocycles. The second-order valence-corrected chi connectivity index (χ2v) is 9.95. The van der Waals surface area contributed by atoms with Crippen molar-refractivity contribution in [1.29, 1.82) is 0 Å². The van der Waals surface area contributed by atoms with Crippen LogP contribution in [-0.2, 0) is 5.60 Å². The monoisotopic (exact) mass is 636 g/mol. The van der Waals surface area contributed by atoms with E-state index in [1.165, 1.54) is 5.38 Å². The highest BCUT2D eigenvalue weighted by atomic mass is 35.5. The molecule has 0 radical (unpaired) electrons. The number of halogens is 9. The number of rotatable bonds is 6. The maximum atomic E-state index is 15.1. The number of benzene rings is 3. The van der Waals surface area contributed by atoms with Crippen LogP contribution in [0.3, 0.4) is 0 Å². The molecule has 0 bridgehead atoms. The molecule has 0 fully saturated rings. The smallest absolute Gasteiger partial charge is 0.372 e. The second kappa shape index (κ2) is 11.3. The summed E-state index contributed by atoms with van der Waals surface area (Å²) in [7, 11) is 0. The van der Waals surface area contributed by atoms with Crippen LogP contribution in [0.25, 0.3) is 0 Å². The molecule has 2 amide bonds. The van der Waals surface area contributed by atoms with Crippen molar-refractivity contribution in [3.63, 3.8) is 0 Å². The molecule has 1 unspecified atom stereocenters. The summed E-state index contributed by atoms with van der Waals surface area (Å²) >= 11 is 13.1. The molecule has 4 aromatic rings. The van der Waals surface area contributed by atoms with Crippen molar-refractivity contribution in [3.8, 4) is 0 Å². The summed E-state index contributed by atoms with van der Waals surface area (Å²) in [4.78, 5) is 25.2. The molecular weight excluding hydrogens is 624 g/mol. The third-order valence-electron chi connectivity index (χ3n) is 5.77. The van der Waals surface area contributed by atoms with Gasteiger partial charge in [0.05, 0.1) is 27.0 Å². The van der Waals surface area contributed by atoms with Crippen molar-refractivity contribution >= 4 is 57.7 Å². The van der Waals surface area contributed by atoms with Crippen molar-refractivity contribution < 1.29 is 45.4 Å². The first-order chi connectivity index (χ1) is 19.1. The van der Waals surface area contributed by atoms with Crippen LogP contribution in [0, 0.1) is 23.3 Å². The van der Waals surface area contributed by atoms with E-state index in [2.05, 4.69) is 5.32 Å². The summed E-state index contributed by atoms with van der Waals surface area (Å²) in [5, 5.41) is 16.0. The van der Waals surface area contributed by atoms with Gasteiger partial charge in [-0.25, -0.2) is 17.6 Å².